The molecule has 0 saturated heterocycles. The molecule has 4 nitrogen and oxygen atoms in total. The fourth-order valence-electron chi connectivity index (χ4n) is 1.08. The van der Waals surface area contributed by atoms with E-state index in [4.69, 9.17) is 21.1 Å². The highest BCUT2D eigenvalue weighted by Crippen LogP contribution is 2.21. The van der Waals surface area contributed by atoms with Gasteiger partial charge in [0.05, 0.1) is 6.61 Å². The molecule has 84 valence electrons. The molecule has 0 spiro atoms. The van der Waals surface area contributed by atoms with Crippen molar-refractivity contribution < 1.29 is 9.47 Å². The number of hydrogen-bond donors (Lipinski definition) is 0. The van der Waals surface area contributed by atoms with E-state index in [-0.39, 0.29) is 0 Å². The van der Waals surface area contributed by atoms with Gasteiger partial charge in [0.15, 0.2) is 0 Å². The molecule has 0 fully saturated rings. The van der Waals surface area contributed by atoms with E-state index in [1.165, 1.54) is 0 Å². The van der Waals surface area contributed by atoms with E-state index in [9.17, 15) is 0 Å². The van der Waals surface area contributed by atoms with Gasteiger partial charge in [-0.3, -0.25) is 0 Å². The zero-order chi connectivity index (χ0) is 11.3. The summed E-state index contributed by atoms with van der Waals surface area (Å²) in [6.07, 6.45) is 0.830. The topological polar surface area (TPSA) is 44.2 Å². The van der Waals surface area contributed by atoms with Crippen LogP contribution in [-0.4, -0.2) is 30.3 Å². The van der Waals surface area contributed by atoms with Crippen LogP contribution in [0.3, 0.4) is 0 Å². The van der Waals surface area contributed by atoms with Crippen LogP contribution >= 0.6 is 11.6 Å². The molecule has 1 aromatic rings. The molecule has 1 heterocycles. The van der Waals surface area contributed by atoms with E-state index < -0.39 is 0 Å². The van der Waals surface area contributed by atoms with Crippen LogP contribution in [0.1, 0.15) is 17.8 Å². The monoisotopic (exact) mass is 230 g/mol. The van der Waals surface area contributed by atoms with Crippen LogP contribution in [0.25, 0.3) is 0 Å². The predicted octanol–water partition coefficient (Wildman–Crippen LogP) is 2.16. The molecule has 0 N–H and O–H groups in total. The van der Waals surface area contributed by atoms with Crippen molar-refractivity contribution in [2.24, 2.45) is 0 Å². The summed E-state index contributed by atoms with van der Waals surface area (Å²) in [5, 5.41) is 0.448. The Labute approximate surface area is 94.6 Å². The van der Waals surface area contributed by atoms with Gasteiger partial charge >= 0.3 is 0 Å². The van der Waals surface area contributed by atoms with Crippen molar-refractivity contribution in [3.05, 3.63) is 16.5 Å². The van der Waals surface area contributed by atoms with Crippen molar-refractivity contribution in [3.8, 4) is 5.88 Å². The normalized spacial score (nSPS) is 10.4. The van der Waals surface area contributed by atoms with Crippen LogP contribution < -0.4 is 4.74 Å². The SMILES string of the molecule is COCCCOc1nc(C)nc(Cl)c1C. The van der Waals surface area contributed by atoms with Crippen molar-refractivity contribution in [1.82, 2.24) is 9.97 Å². The van der Waals surface area contributed by atoms with Crippen molar-refractivity contribution in [1.29, 1.82) is 0 Å². The fourth-order valence-corrected chi connectivity index (χ4v) is 1.29. The molecule has 15 heavy (non-hydrogen) atoms. The molecular weight excluding hydrogens is 216 g/mol. The Morgan fingerprint density at radius 2 is 1.93 bits per heavy atom. The van der Waals surface area contributed by atoms with Crippen LogP contribution in [-0.2, 0) is 4.74 Å². The van der Waals surface area contributed by atoms with Gasteiger partial charge in [0, 0.05) is 25.7 Å². The number of methoxy groups -OCH3 is 1. The Balaban J connectivity index is 2.60. The minimum absolute atomic E-state index is 0.448. The number of nitrogens with zero attached hydrogens (tertiary/aromatic N) is 2. The molecule has 0 bridgehead atoms. The zero-order valence-electron chi connectivity index (χ0n) is 9.21. The zero-order valence-corrected chi connectivity index (χ0v) is 9.97. The van der Waals surface area contributed by atoms with E-state index in [1.807, 2.05) is 6.92 Å². The van der Waals surface area contributed by atoms with Crippen LogP contribution in [0.15, 0.2) is 0 Å². The largest absolute Gasteiger partial charge is 0.477 e. The second-order valence-corrected chi connectivity index (χ2v) is 3.54. The number of aryl methyl sites for hydroxylation is 1. The lowest BCUT2D eigenvalue weighted by Gasteiger charge is -2.09. The standard InChI is InChI=1S/C10H15ClN2O2/c1-7-9(11)12-8(2)13-10(7)15-6-4-5-14-3/h4-6H2,1-3H3. The van der Waals surface area contributed by atoms with Gasteiger partial charge < -0.3 is 9.47 Å². The van der Waals surface area contributed by atoms with Crippen molar-refractivity contribution in [2.45, 2.75) is 20.3 Å². The summed E-state index contributed by atoms with van der Waals surface area (Å²) in [4.78, 5) is 8.20. The summed E-state index contributed by atoms with van der Waals surface area (Å²) in [5.74, 6) is 1.18. The molecule has 0 aromatic carbocycles. The van der Waals surface area contributed by atoms with Gasteiger partial charge in [0.1, 0.15) is 11.0 Å². The molecule has 5 heteroatoms. The Bertz CT molecular complexity index is 331. The first-order chi connectivity index (χ1) is 7.15. The third-order valence-corrected chi connectivity index (χ3v) is 2.25. The van der Waals surface area contributed by atoms with E-state index in [1.54, 1.807) is 14.0 Å². The van der Waals surface area contributed by atoms with Crippen molar-refractivity contribution in [2.75, 3.05) is 20.3 Å². The van der Waals surface area contributed by atoms with Crippen LogP contribution in [0.2, 0.25) is 5.15 Å². The Morgan fingerprint density at radius 3 is 2.60 bits per heavy atom. The maximum Gasteiger partial charge on any atom is 0.221 e. The van der Waals surface area contributed by atoms with Crippen LogP contribution in [0, 0.1) is 13.8 Å². The molecule has 0 aliphatic carbocycles. The number of rotatable bonds is 5. The van der Waals surface area contributed by atoms with Gasteiger partial charge in [-0.2, -0.15) is 4.98 Å². The number of halogens is 1. The lowest BCUT2D eigenvalue weighted by molar-refractivity contribution is 0.170. The minimum atomic E-state index is 0.448. The van der Waals surface area contributed by atoms with E-state index in [0.717, 1.165) is 12.0 Å². The Hall–Kier alpha value is -0.870. The average molecular weight is 231 g/mol. The summed E-state index contributed by atoms with van der Waals surface area (Å²) in [7, 11) is 1.66. The maximum atomic E-state index is 5.90. The first kappa shape index (κ1) is 12.2. The van der Waals surface area contributed by atoms with Gasteiger partial charge in [0.2, 0.25) is 5.88 Å². The number of ether oxygens (including phenoxy) is 2. The first-order valence-electron chi connectivity index (χ1n) is 4.77. The van der Waals surface area contributed by atoms with Gasteiger partial charge in [0.25, 0.3) is 0 Å². The molecule has 0 unspecified atom stereocenters. The molecule has 1 rings (SSSR count). The summed E-state index contributed by atoms with van der Waals surface area (Å²) >= 11 is 5.90. The summed E-state index contributed by atoms with van der Waals surface area (Å²) in [6, 6.07) is 0. The lowest BCUT2D eigenvalue weighted by atomic mass is 10.3. The highest BCUT2D eigenvalue weighted by atomic mass is 35.5. The molecule has 0 saturated carbocycles. The third kappa shape index (κ3) is 3.64. The minimum Gasteiger partial charge on any atom is -0.477 e. The molecule has 0 atom stereocenters. The van der Waals surface area contributed by atoms with Crippen molar-refractivity contribution in [3.63, 3.8) is 0 Å². The average Bonchev–Trinajstić information content (AvgIpc) is 2.19. The summed E-state index contributed by atoms with van der Waals surface area (Å²) in [5.41, 5.74) is 0.777. The predicted molar refractivity (Wildman–Crippen MR) is 58.5 cm³/mol. The number of aromatic nitrogens is 2. The quantitative estimate of drug-likeness (QED) is 0.575. The molecule has 0 aliphatic rings. The van der Waals surface area contributed by atoms with Gasteiger partial charge in [-0.1, -0.05) is 11.6 Å². The molecular formula is C10H15ClN2O2. The summed E-state index contributed by atoms with van der Waals surface area (Å²) < 4.78 is 10.4. The lowest BCUT2D eigenvalue weighted by Crippen LogP contribution is -2.05. The highest BCUT2D eigenvalue weighted by Gasteiger charge is 2.07. The Morgan fingerprint density at radius 1 is 1.20 bits per heavy atom. The smallest absolute Gasteiger partial charge is 0.221 e. The Kier molecular flexibility index (Phi) is 4.78. The van der Waals surface area contributed by atoms with E-state index >= 15 is 0 Å². The highest BCUT2D eigenvalue weighted by molar-refractivity contribution is 6.30. The second kappa shape index (κ2) is 5.88. The van der Waals surface area contributed by atoms with E-state index in [0.29, 0.717) is 30.1 Å². The van der Waals surface area contributed by atoms with Gasteiger partial charge in [-0.15, -0.1) is 0 Å². The molecule has 1 aromatic heterocycles. The number of hydrogen-bond acceptors (Lipinski definition) is 4. The van der Waals surface area contributed by atoms with Crippen LogP contribution in [0.4, 0.5) is 0 Å². The molecule has 0 aliphatic heterocycles. The second-order valence-electron chi connectivity index (χ2n) is 3.19. The van der Waals surface area contributed by atoms with Gasteiger partial charge in [-0.25, -0.2) is 4.98 Å². The van der Waals surface area contributed by atoms with Crippen molar-refractivity contribution >= 4 is 11.6 Å². The maximum absolute atomic E-state index is 5.90. The first-order valence-corrected chi connectivity index (χ1v) is 5.15. The summed E-state index contributed by atoms with van der Waals surface area (Å²) in [6.45, 7) is 4.87. The van der Waals surface area contributed by atoms with Gasteiger partial charge in [-0.05, 0) is 13.8 Å². The fraction of sp³-hybridized carbons (Fsp3) is 0.600. The molecule has 0 radical (unpaired) electrons. The van der Waals surface area contributed by atoms with Crippen LogP contribution in [0.5, 0.6) is 5.88 Å². The molecule has 0 amide bonds. The third-order valence-electron chi connectivity index (χ3n) is 1.89. The van der Waals surface area contributed by atoms with E-state index in [2.05, 4.69) is 9.97 Å².